The van der Waals surface area contributed by atoms with Gasteiger partial charge in [0, 0.05) is 0 Å². The van der Waals surface area contributed by atoms with Gasteiger partial charge in [-0.3, -0.25) is 0 Å². The minimum Gasteiger partial charge on any atom is -0.0625 e. The molecule has 0 heterocycles. The summed E-state index contributed by atoms with van der Waals surface area (Å²) in [6.07, 6.45) is 1.20. The zero-order valence-electron chi connectivity index (χ0n) is 11.0. The second-order valence-corrected chi connectivity index (χ2v) is 5.32. The van der Waals surface area contributed by atoms with Gasteiger partial charge in [0.05, 0.1) is 0 Å². The average Bonchev–Trinajstić information content (AvgIpc) is 2.12. The molecule has 0 nitrogen and oxygen atoms in total. The van der Waals surface area contributed by atoms with Crippen LogP contribution in [-0.4, -0.2) is 0 Å². The zero-order valence-corrected chi connectivity index (χ0v) is 11.0. The van der Waals surface area contributed by atoms with Crippen molar-refractivity contribution >= 4 is 0 Å². The van der Waals surface area contributed by atoms with Gasteiger partial charge in [0.25, 0.3) is 0 Å². The average molecular weight is 204 g/mol. The number of rotatable bonds is 3. The van der Waals surface area contributed by atoms with Gasteiger partial charge in [-0.15, -0.1) is 0 Å². The van der Waals surface area contributed by atoms with Crippen molar-refractivity contribution in [2.75, 3.05) is 0 Å². The molecular weight excluding hydrogens is 180 g/mol. The molecule has 0 aromatic heterocycles. The molecule has 0 N–H and O–H groups in total. The van der Waals surface area contributed by atoms with Gasteiger partial charge < -0.3 is 0 Å². The Hall–Kier alpha value is -0.780. The van der Waals surface area contributed by atoms with Crippen LogP contribution in [-0.2, 0) is 6.42 Å². The van der Waals surface area contributed by atoms with E-state index in [0.717, 1.165) is 5.92 Å². The topological polar surface area (TPSA) is 0 Å². The highest BCUT2D eigenvalue weighted by Gasteiger charge is 2.09. The van der Waals surface area contributed by atoms with Crippen molar-refractivity contribution in [3.05, 3.63) is 34.4 Å². The molecule has 0 unspecified atom stereocenters. The van der Waals surface area contributed by atoms with E-state index in [1.807, 2.05) is 0 Å². The summed E-state index contributed by atoms with van der Waals surface area (Å²) < 4.78 is 0. The Kier molecular flexibility index (Phi) is 3.96. The highest BCUT2D eigenvalue weighted by atomic mass is 14.1. The summed E-state index contributed by atoms with van der Waals surface area (Å²) in [6.45, 7) is 13.6. The summed E-state index contributed by atoms with van der Waals surface area (Å²) >= 11 is 0. The van der Waals surface area contributed by atoms with Crippen molar-refractivity contribution in [1.82, 2.24) is 0 Å². The third-order valence-corrected chi connectivity index (χ3v) is 3.19. The highest BCUT2D eigenvalue weighted by Crippen LogP contribution is 2.25. The van der Waals surface area contributed by atoms with E-state index >= 15 is 0 Å². The van der Waals surface area contributed by atoms with Crippen molar-refractivity contribution < 1.29 is 0 Å². The molecule has 1 aromatic rings. The first-order valence-electron chi connectivity index (χ1n) is 6.02. The van der Waals surface area contributed by atoms with Crippen LogP contribution < -0.4 is 0 Å². The summed E-state index contributed by atoms with van der Waals surface area (Å²) in [5.41, 5.74) is 6.00. The lowest BCUT2D eigenvalue weighted by atomic mass is 9.89. The maximum Gasteiger partial charge on any atom is -0.0216 e. The molecule has 0 saturated carbocycles. The van der Waals surface area contributed by atoms with Crippen LogP contribution in [0.25, 0.3) is 0 Å². The molecule has 0 radical (unpaired) electrons. The predicted molar refractivity (Wildman–Crippen MR) is 68.5 cm³/mol. The molecule has 84 valence electrons. The first-order chi connectivity index (χ1) is 6.93. The van der Waals surface area contributed by atoms with E-state index in [2.05, 4.69) is 53.7 Å². The van der Waals surface area contributed by atoms with Crippen molar-refractivity contribution in [1.29, 1.82) is 0 Å². The van der Waals surface area contributed by atoms with E-state index in [9.17, 15) is 0 Å². The Labute approximate surface area is 94.7 Å². The molecule has 1 aromatic carbocycles. The van der Waals surface area contributed by atoms with Gasteiger partial charge in [-0.25, -0.2) is 0 Å². The van der Waals surface area contributed by atoms with Gasteiger partial charge in [0.1, 0.15) is 0 Å². The lowest BCUT2D eigenvalue weighted by molar-refractivity contribution is 0.644. The summed E-state index contributed by atoms with van der Waals surface area (Å²) in [4.78, 5) is 0. The van der Waals surface area contributed by atoms with Crippen LogP contribution in [0.4, 0.5) is 0 Å². The molecule has 0 spiro atoms. The Morgan fingerprint density at radius 2 is 1.53 bits per heavy atom. The predicted octanol–water partition coefficient (Wildman–Crippen LogP) is 4.63. The standard InChI is InChI=1S/C15H24/c1-10(2)9-14-7-8-15(11(3)4)13(6)12(14)5/h7-8,10-11H,9H2,1-6H3. The van der Waals surface area contributed by atoms with Crippen LogP contribution in [0.2, 0.25) is 0 Å². The van der Waals surface area contributed by atoms with Gasteiger partial charge >= 0.3 is 0 Å². The molecule has 0 aliphatic rings. The number of benzene rings is 1. The molecule has 0 saturated heterocycles. The van der Waals surface area contributed by atoms with Gasteiger partial charge in [0.2, 0.25) is 0 Å². The summed E-state index contributed by atoms with van der Waals surface area (Å²) in [5.74, 6) is 1.38. The van der Waals surface area contributed by atoms with Crippen molar-refractivity contribution in [2.24, 2.45) is 5.92 Å². The Bertz CT molecular complexity index is 332. The fourth-order valence-electron chi connectivity index (χ4n) is 2.18. The van der Waals surface area contributed by atoms with Crippen molar-refractivity contribution in [3.63, 3.8) is 0 Å². The zero-order chi connectivity index (χ0) is 11.6. The van der Waals surface area contributed by atoms with E-state index in [-0.39, 0.29) is 0 Å². The van der Waals surface area contributed by atoms with E-state index in [1.165, 1.54) is 28.7 Å². The maximum absolute atomic E-state index is 2.32. The minimum absolute atomic E-state index is 0.636. The molecule has 0 heteroatoms. The molecular formula is C15H24. The fraction of sp³-hybridized carbons (Fsp3) is 0.600. The van der Waals surface area contributed by atoms with Gasteiger partial charge in [-0.1, -0.05) is 39.8 Å². The summed E-state index contributed by atoms with van der Waals surface area (Å²) in [7, 11) is 0. The van der Waals surface area contributed by atoms with Crippen LogP contribution in [0.5, 0.6) is 0 Å². The van der Waals surface area contributed by atoms with Crippen LogP contribution in [0.3, 0.4) is 0 Å². The highest BCUT2D eigenvalue weighted by molar-refractivity contribution is 5.41. The van der Waals surface area contributed by atoms with Gasteiger partial charge in [0.15, 0.2) is 0 Å². The molecule has 0 atom stereocenters. The monoisotopic (exact) mass is 204 g/mol. The van der Waals surface area contributed by atoms with Crippen LogP contribution in [0, 0.1) is 19.8 Å². The Balaban J connectivity index is 3.10. The van der Waals surface area contributed by atoms with E-state index < -0.39 is 0 Å². The van der Waals surface area contributed by atoms with Gasteiger partial charge in [-0.2, -0.15) is 0 Å². The molecule has 0 aliphatic carbocycles. The minimum atomic E-state index is 0.636. The smallest absolute Gasteiger partial charge is 0.0216 e. The van der Waals surface area contributed by atoms with E-state index in [0.29, 0.717) is 5.92 Å². The first-order valence-corrected chi connectivity index (χ1v) is 6.02. The normalized spacial score (nSPS) is 11.5. The molecule has 1 rings (SSSR count). The Morgan fingerprint density at radius 1 is 0.933 bits per heavy atom. The van der Waals surface area contributed by atoms with Crippen LogP contribution in [0.1, 0.15) is 55.9 Å². The second-order valence-electron chi connectivity index (χ2n) is 5.32. The van der Waals surface area contributed by atoms with Crippen molar-refractivity contribution in [2.45, 2.75) is 53.9 Å². The van der Waals surface area contributed by atoms with Crippen LogP contribution >= 0.6 is 0 Å². The number of hydrogen-bond acceptors (Lipinski definition) is 0. The third kappa shape index (κ3) is 2.84. The fourth-order valence-corrected chi connectivity index (χ4v) is 2.18. The van der Waals surface area contributed by atoms with E-state index in [1.54, 1.807) is 0 Å². The summed E-state index contributed by atoms with van der Waals surface area (Å²) in [6, 6.07) is 4.63. The summed E-state index contributed by atoms with van der Waals surface area (Å²) in [5, 5.41) is 0. The first kappa shape index (κ1) is 12.3. The lowest BCUT2D eigenvalue weighted by Crippen LogP contribution is -2.02. The van der Waals surface area contributed by atoms with Gasteiger partial charge in [-0.05, 0) is 54.4 Å². The number of hydrogen-bond donors (Lipinski definition) is 0. The molecule has 0 amide bonds. The molecule has 0 bridgehead atoms. The maximum atomic E-state index is 2.32. The molecule has 0 fully saturated rings. The van der Waals surface area contributed by atoms with E-state index in [4.69, 9.17) is 0 Å². The lowest BCUT2D eigenvalue weighted by Gasteiger charge is -2.16. The molecule has 0 aliphatic heterocycles. The van der Waals surface area contributed by atoms with Crippen molar-refractivity contribution in [3.8, 4) is 0 Å². The van der Waals surface area contributed by atoms with Crippen LogP contribution in [0.15, 0.2) is 12.1 Å². The largest absolute Gasteiger partial charge is 0.0625 e. The second kappa shape index (κ2) is 4.83. The quantitative estimate of drug-likeness (QED) is 0.673. The third-order valence-electron chi connectivity index (χ3n) is 3.19. The SMILES string of the molecule is Cc1c(CC(C)C)ccc(C(C)C)c1C. The Morgan fingerprint density at radius 3 is 2.00 bits per heavy atom. The molecule has 15 heavy (non-hydrogen) atoms.